The summed E-state index contributed by atoms with van der Waals surface area (Å²) in [6, 6.07) is 17.2. The fraction of sp³-hybridized carbons (Fsp3) is 0.385. The summed E-state index contributed by atoms with van der Waals surface area (Å²) in [6.45, 7) is 4.60. The zero-order valence-electron chi connectivity index (χ0n) is 18.3. The highest BCUT2D eigenvalue weighted by Gasteiger charge is 2.22. The molecule has 2 fully saturated rings. The molecule has 0 radical (unpaired) electrons. The molecule has 2 aliphatic rings. The van der Waals surface area contributed by atoms with E-state index in [1.54, 1.807) is 6.08 Å². The summed E-state index contributed by atoms with van der Waals surface area (Å²) in [6.07, 6.45) is 5.38. The lowest BCUT2D eigenvalue weighted by Gasteiger charge is -2.31. The average Bonchev–Trinajstić information content (AvgIpc) is 2.87. The Hall–Kier alpha value is -3.12. The van der Waals surface area contributed by atoms with E-state index in [1.165, 1.54) is 0 Å². The van der Waals surface area contributed by atoms with Gasteiger partial charge >= 0.3 is 0 Å². The van der Waals surface area contributed by atoms with Crippen molar-refractivity contribution < 1.29 is 19.1 Å². The highest BCUT2D eigenvalue weighted by Crippen LogP contribution is 2.21. The molecule has 6 nitrogen and oxygen atoms in total. The van der Waals surface area contributed by atoms with Crippen molar-refractivity contribution in [1.82, 2.24) is 9.80 Å². The van der Waals surface area contributed by atoms with E-state index in [4.69, 9.17) is 9.47 Å². The van der Waals surface area contributed by atoms with Crippen LogP contribution in [0.15, 0.2) is 60.7 Å². The molecular weight excluding hydrogens is 404 g/mol. The number of carbonyl (C=O) groups excluding carboxylic acids is 2. The molecule has 0 bridgehead atoms. The van der Waals surface area contributed by atoms with Crippen molar-refractivity contribution in [2.24, 2.45) is 5.92 Å². The maximum Gasteiger partial charge on any atom is 0.254 e. The molecule has 2 amide bonds. The minimum atomic E-state index is 0.0400. The van der Waals surface area contributed by atoms with E-state index in [0.717, 1.165) is 37.2 Å². The highest BCUT2D eigenvalue weighted by molar-refractivity contribution is 5.94. The van der Waals surface area contributed by atoms with E-state index in [0.29, 0.717) is 44.4 Å². The average molecular weight is 435 g/mol. The summed E-state index contributed by atoms with van der Waals surface area (Å²) in [7, 11) is 0. The number of hydrogen-bond acceptors (Lipinski definition) is 4. The Bertz CT molecular complexity index is 913. The third kappa shape index (κ3) is 5.98. The Labute approximate surface area is 189 Å². The van der Waals surface area contributed by atoms with Gasteiger partial charge in [-0.25, -0.2) is 0 Å². The number of likely N-dealkylation sites (tertiary alicyclic amines) is 1. The molecule has 0 aliphatic carbocycles. The number of rotatable bonds is 6. The van der Waals surface area contributed by atoms with Gasteiger partial charge in [0.15, 0.2) is 0 Å². The predicted octanol–water partition coefficient (Wildman–Crippen LogP) is 3.49. The fourth-order valence-corrected chi connectivity index (χ4v) is 4.01. The van der Waals surface area contributed by atoms with Crippen LogP contribution >= 0.6 is 0 Å². The molecule has 0 atom stereocenters. The van der Waals surface area contributed by atoms with Gasteiger partial charge in [-0.1, -0.05) is 30.3 Å². The van der Waals surface area contributed by atoms with Gasteiger partial charge in [0, 0.05) is 37.8 Å². The molecule has 0 unspecified atom stereocenters. The number of ether oxygens (including phenoxy) is 2. The van der Waals surface area contributed by atoms with E-state index >= 15 is 0 Å². The van der Waals surface area contributed by atoms with Gasteiger partial charge in [-0.3, -0.25) is 9.59 Å². The van der Waals surface area contributed by atoms with Crippen LogP contribution in [0.2, 0.25) is 0 Å². The highest BCUT2D eigenvalue weighted by atomic mass is 16.5. The monoisotopic (exact) mass is 434 g/mol. The van der Waals surface area contributed by atoms with Crippen molar-refractivity contribution in [2.75, 3.05) is 46.0 Å². The number of nitrogens with zero attached hydrogens (tertiary/aromatic N) is 2. The molecule has 32 heavy (non-hydrogen) atoms. The first-order valence-electron chi connectivity index (χ1n) is 11.3. The van der Waals surface area contributed by atoms with Crippen LogP contribution in [0.4, 0.5) is 0 Å². The van der Waals surface area contributed by atoms with Gasteiger partial charge in [0.1, 0.15) is 5.75 Å². The van der Waals surface area contributed by atoms with Gasteiger partial charge in [-0.2, -0.15) is 0 Å². The van der Waals surface area contributed by atoms with Crippen molar-refractivity contribution in [2.45, 2.75) is 12.8 Å². The second-order valence-electron chi connectivity index (χ2n) is 8.25. The predicted molar refractivity (Wildman–Crippen MR) is 123 cm³/mol. The first-order valence-corrected chi connectivity index (χ1v) is 11.3. The van der Waals surface area contributed by atoms with E-state index in [-0.39, 0.29) is 11.8 Å². The first-order chi connectivity index (χ1) is 15.7. The quantitative estimate of drug-likeness (QED) is 0.653. The molecule has 2 heterocycles. The lowest BCUT2D eigenvalue weighted by Crippen LogP contribution is -2.40. The summed E-state index contributed by atoms with van der Waals surface area (Å²) < 4.78 is 11.3. The van der Waals surface area contributed by atoms with Crippen LogP contribution in [-0.4, -0.2) is 67.6 Å². The van der Waals surface area contributed by atoms with Gasteiger partial charge in [0.2, 0.25) is 5.91 Å². The van der Waals surface area contributed by atoms with Crippen LogP contribution in [-0.2, 0) is 9.53 Å². The Kier molecular flexibility index (Phi) is 7.56. The number of carbonyl (C=O) groups is 2. The molecule has 2 aliphatic heterocycles. The van der Waals surface area contributed by atoms with Gasteiger partial charge in [0.25, 0.3) is 5.91 Å². The lowest BCUT2D eigenvalue weighted by atomic mass is 9.97. The van der Waals surface area contributed by atoms with Crippen LogP contribution in [0.1, 0.15) is 28.8 Å². The van der Waals surface area contributed by atoms with Crippen molar-refractivity contribution in [3.8, 4) is 5.75 Å². The number of piperidine rings is 1. The molecule has 6 heteroatoms. The van der Waals surface area contributed by atoms with Gasteiger partial charge in [0.05, 0.1) is 19.8 Å². The molecule has 2 aromatic rings. The molecule has 168 valence electrons. The third-order valence-corrected chi connectivity index (χ3v) is 6.03. The normalized spacial score (nSPS) is 17.5. The molecule has 0 saturated carbocycles. The number of hydrogen-bond donors (Lipinski definition) is 0. The summed E-state index contributed by atoms with van der Waals surface area (Å²) in [5.41, 5.74) is 1.71. The van der Waals surface area contributed by atoms with Crippen molar-refractivity contribution in [3.05, 3.63) is 71.8 Å². The maximum absolute atomic E-state index is 12.5. The lowest BCUT2D eigenvalue weighted by molar-refractivity contribution is -0.127. The first kappa shape index (κ1) is 22.1. The van der Waals surface area contributed by atoms with E-state index in [1.807, 2.05) is 70.5 Å². The fourth-order valence-electron chi connectivity index (χ4n) is 4.01. The minimum absolute atomic E-state index is 0.0400. The zero-order chi connectivity index (χ0) is 22.2. The Morgan fingerprint density at radius 2 is 1.59 bits per heavy atom. The Morgan fingerprint density at radius 3 is 2.28 bits per heavy atom. The van der Waals surface area contributed by atoms with Crippen LogP contribution in [0.3, 0.4) is 0 Å². The molecular formula is C26H30N2O4. The summed E-state index contributed by atoms with van der Waals surface area (Å²) in [5, 5.41) is 0. The minimum Gasteiger partial charge on any atom is -0.493 e. The van der Waals surface area contributed by atoms with E-state index in [2.05, 4.69) is 0 Å². The number of morpholine rings is 1. The van der Waals surface area contributed by atoms with Gasteiger partial charge in [-0.05, 0) is 54.7 Å². The summed E-state index contributed by atoms with van der Waals surface area (Å²) >= 11 is 0. The summed E-state index contributed by atoms with van der Waals surface area (Å²) in [4.78, 5) is 28.7. The van der Waals surface area contributed by atoms with Crippen molar-refractivity contribution in [3.63, 3.8) is 0 Å². The molecule has 0 N–H and O–H groups in total. The maximum atomic E-state index is 12.5. The topological polar surface area (TPSA) is 59.1 Å². The second kappa shape index (κ2) is 11.0. The number of amides is 2. The van der Waals surface area contributed by atoms with Crippen molar-refractivity contribution in [1.29, 1.82) is 0 Å². The SMILES string of the molecule is O=C(/C=C/c1ccccc1)N1CCC(COc2ccc(C(=O)N3CCOCC3)cc2)CC1. The van der Waals surface area contributed by atoms with Crippen LogP contribution in [0.5, 0.6) is 5.75 Å². The Morgan fingerprint density at radius 1 is 0.906 bits per heavy atom. The second-order valence-corrected chi connectivity index (χ2v) is 8.25. The zero-order valence-corrected chi connectivity index (χ0v) is 18.3. The molecule has 4 rings (SSSR count). The standard InChI is InChI=1S/C26H30N2O4/c29-25(11-6-21-4-2-1-3-5-21)27-14-12-22(13-15-27)20-32-24-9-7-23(8-10-24)26(30)28-16-18-31-19-17-28/h1-11,22H,12-20H2/b11-6+. The molecule has 2 aromatic carbocycles. The smallest absolute Gasteiger partial charge is 0.254 e. The van der Waals surface area contributed by atoms with Gasteiger partial charge in [-0.15, -0.1) is 0 Å². The summed E-state index contributed by atoms with van der Waals surface area (Å²) in [5.74, 6) is 1.30. The van der Waals surface area contributed by atoms with Crippen LogP contribution < -0.4 is 4.74 Å². The molecule has 0 aromatic heterocycles. The Balaban J connectivity index is 1.20. The van der Waals surface area contributed by atoms with Crippen molar-refractivity contribution >= 4 is 17.9 Å². The van der Waals surface area contributed by atoms with E-state index < -0.39 is 0 Å². The number of benzene rings is 2. The van der Waals surface area contributed by atoms with Crippen LogP contribution in [0.25, 0.3) is 6.08 Å². The van der Waals surface area contributed by atoms with E-state index in [9.17, 15) is 9.59 Å². The third-order valence-electron chi connectivity index (χ3n) is 6.03. The molecule has 0 spiro atoms. The molecule has 2 saturated heterocycles. The van der Waals surface area contributed by atoms with Crippen LogP contribution in [0, 0.1) is 5.92 Å². The van der Waals surface area contributed by atoms with Gasteiger partial charge < -0.3 is 19.3 Å². The largest absolute Gasteiger partial charge is 0.493 e.